The van der Waals surface area contributed by atoms with E-state index in [1.54, 1.807) is 0 Å². The van der Waals surface area contributed by atoms with Crippen molar-refractivity contribution in [3.8, 4) is 0 Å². The summed E-state index contributed by atoms with van der Waals surface area (Å²) in [7, 11) is 0. The monoisotopic (exact) mass is 235 g/mol. The smallest absolute Gasteiger partial charge is 0.0406 e. The first kappa shape index (κ1) is 10.6. The molecule has 2 aliphatic carbocycles. The molecule has 2 atom stereocenters. The van der Waals surface area contributed by atoms with Gasteiger partial charge in [0.2, 0.25) is 0 Å². The van der Waals surface area contributed by atoms with Crippen LogP contribution in [0.25, 0.3) is 0 Å². The summed E-state index contributed by atoms with van der Waals surface area (Å²) in [5, 5.41) is 0.807. The number of rotatable bonds is 3. The van der Waals surface area contributed by atoms with Gasteiger partial charge in [-0.25, -0.2) is 0 Å². The lowest BCUT2D eigenvalue weighted by Gasteiger charge is -2.27. The van der Waals surface area contributed by atoms with Crippen LogP contribution in [0.4, 0.5) is 0 Å². The third-order valence-electron chi connectivity index (χ3n) is 4.34. The number of hydrogen-bond donors (Lipinski definition) is 1. The van der Waals surface area contributed by atoms with Crippen LogP contribution < -0.4 is 5.73 Å². The van der Waals surface area contributed by atoms with E-state index in [1.807, 2.05) is 12.1 Å². The maximum Gasteiger partial charge on any atom is 0.0406 e. The SMILES string of the molecule is NC1(Cc2ccc(Cl)cc2)CC1C1CCC1. The average molecular weight is 236 g/mol. The molecule has 0 bridgehead atoms. The van der Waals surface area contributed by atoms with E-state index in [0.717, 1.165) is 23.3 Å². The molecule has 2 heteroatoms. The summed E-state index contributed by atoms with van der Waals surface area (Å²) in [6.07, 6.45) is 6.47. The second kappa shape index (κ2) is 3.75. The molecule has 16 heavy (non-hydrogen) atoms. The quantitative estimate of drug-likeness (QED) is 0.854. The molecule has 0 aliphatic heterocycles. The maximum absolute atomic E-state index is 6.44. The van der Waals surface area contributed by atoms with Gasteiger partial charge >= 0.3 is 0 Å². The molecule has 0 saturated heterocycles. The third kappa shape index (κ3) is 1.87. The molecular weight excluding hydrogens is 218 g/mol. The van der Waals surface area contributed by atoms with Crippen LogP contribution in [0.5, 0.6) is 0 Å². The predicted octanol–water partition coefficient (Wildman–Crippen LogP) is 3.40. The number of nitrogens with two attached hydrogens (primary N) is 1. The van der Waals surface area contributed by atoms with Crippen LogP contribution in [0.1, 0.15) is 31.2 Å². The second-order valence-corrected chi connectivity index (χ2v) is 5.97. The predicted molar refractivity (Wildman–Crippen MR) is 67.5 cm³/mol. The first-order valence-corrected chi connectivity index (χ1v) is 6.58. The van der Waals surface area contributed by atoms with E-state index < -0.39 is 0 Å². The van der Waals surface area contributed by atoms with Gasteiger partial charge in [0, 0.05) is 10.6 Å². The summed E-state index contributed by atoms with van der Waals surface area (Å²) >= 11 is 5.88. The topological polar surface area (TPSA) is 26.0 Å². The van der Waals surface area contributed by atoms with Crippen molar-refractivity contribution in [2.45, 2.75) is 37.6 Å². The van der Waals surface area contributed by atoms with Gasteiger partial charge in [0.25, 0.3) is 0 Å². The summed E-state index contributed by atoms with van der Waals surface area (Å²) in [5.74, 6) is 1.72. The Labute approximate surface area is 102 Å². The van der Waals surface area contributed by atoms with Gasteiger partial charge in [-0.1, -0.05) is 43.0 Å². The largest absolute Gasteiger partial charge is 0.325 e. The Bertz CT molecular complexity index is 382. The van der Waals surface area contributed by atoms with Gasteiger partial charge < -0.3 is 5.73 Å². The molecule has 2 fully saturated rings. The van der Waals surface area contributed by atoms with Crippen LogP contribution >= 0.6 is 11.6 Å². The lowest BCUT2D eigenvalue weighted by atomic mass is 9.79. The standard InChI is InChI=1S/C14H18ClN/c15-12-6-4-10(5-7-12)8-14(16)9-13(14)11-2-1-3-11/h4-7,11,13H,1-3,8-9,16H2. The van der Waals surface area contributed by atoms with Crippen LogP contribution in [0, 0.1) is 11.8 Å². The lowest BCUT2D eigenvalue weighted by Crippen LogP contribution is -2.32. The Morgan fingerprint density at radius 3 is 2.50 bits per heavy atom. The Balaban J connectivity index is 1.64. The zero-order chi connectivity index (χ0) is 11.2. The number of halogens is 1. The van der Waals surface area contributed by atoms with Gasteiger partial charge in [0.1, 0.15) is 0 Å². The summed E-state index contributed by atoms with van der Waals surface area (Å²) in [4.78, 5) is 0. The molecule has 3 rings (SSSR count). The van der Waals surface area contributed by atoms with E-state index >= 15 is 0 Å². The Hall–Kier alpha value is -0.530. The molecule has 2 N–H and O–H groups in total. The van der Waals surface area contributed by atoms with Crippen LogP contribution in [0.3, 0.4) is 0 Å². The van der Waals surface area contributed by atoms with Crippen LogP contribution in [-0.4, -0.2) is 5.54 Å². The molecule has 2 aliphatic rings. The van der Waals surface area contributed by atoms with Crippen molar-refractivity contribution in [1.29, 1.82) is 0 Å². The van der Waals surface area contributed by atoms with Gasteiger partial charge in [-0.3, -0.25) is 0 Å². The molecule has 1 aromatic rings. The molecule has 0 spiro atoms. The maximum atomic E-state index is 6.44. The molecule has 1 aromatic carbocycles. The first-order chi connectivity index (χ1) is 7.67. The Morgan fingerprint density at radius 2 is 1.94 bits per heavy atom. The minimum atomic E-state index is 0.0961. The molecule has 0 amide bonds. The van der Waals surface area contributed by atoms with Crippen molar-refractivity contribution in [1.82, 2.24) is 0 Å². The minimum absolute atomic E-state index is 0.0961. The van der Waals surface area contributed by atoms with E-state index in [0.29, 0.717) is 0 Å². The van der Waals surface area contributed by atoms with Crippen LogP contribution in [-0.2, 0) is 6.42 Å². The van der Waals surface area contributed by atoms with E-state index in [4.69, 9.17) is 17.3 Å². The van der Waals surface area contributed by atoms with E-state index in [9.17, 15) is 0 Å². The van der Waals surface area contributed by atoms with Crippen LogP contribution in [0.2, 0.25) is 5.02 Å². The van der Waals surface area contributed by atoms with E-state index in [1.165, 1.54) is 31.2 Å². The van der Waals surface area contributed by atoms with Gasteiger partial charge in [-0.2, -0.15) is 0 Å². The molecule has 2 saturated carbocycles. The average Bonchev–Trinajstić information content (AvgIpc) is 2.79. The van der Waals surface area contributed by atoms with Crippen molar-refractivity contribution in [3.63, 3.8) is 0 Å². The fraction of sp³-hybridized carbons (Fsp3) is 0.571. The summed E-state index contributed by atoms with van der Waals surface area (Å²) in [6, 6.07) is 8.13. The summed E-state index contributed by atoms with van der Waals surface area (Å²) in [5.41, 5.74) is 7.86. The summed E-state index contributed by atoms with van der Waals surface area (Å²) < 4.78 is 0. The molecular formula is C14H18ClN. The zero-order valence-electron chi connectivity index (χ0n) is 9.45. The lowest BCUT2D eigenvalue weighted by molar-refractivity contribution is 0.257. The van der Waals surface area contributed by atoms with Crippen molar-refractivity contribution < 1.29 is 0 Å². The van der Waals surface area contributed by atoms with Gasteiger partial charge in [-0.15, -0.1) is 0 Å². The number of hydrogen-bond acceptors (Lipinski definition) is 1. The molecule has 0 radical (unpaired) electrons. The second-order valence-electron chi connectivity index (χ2n) is 5.54. The van der Waals surface area contributed by atoms with Gasteiger partial charge in [0.05, 0.1) is 0 Å². The highest BCUT2D eigenvalue weighted by molar-refractivity contribution is 6.30. The third-order valence-corrected chi connectivity index (χ3v) is 4.60. The molecule has 0 heterocycles. The van der Waals surface area contributed by atoms with Gasteiger partial charge in [0.15, 0.2) is 0 Å². The summed E-state index contributed by atoms with van der Waals surface area (Å²) in [6.45, 7) is 0. The normalized spacial score (nSPS) is 33.5. The minimum Gasteiger partial charge on any atom is -0.325 e. The first-order valence-electron chi connectivity index (χ1n) is 6.21. The molecule has 86 valence electrons. The zero-order valence-corrected chi connectivity index (χ0v) is 10.2. The Kier molecular flexibility index (Phi) is 2.49. The number of benzene rings is 1. The Morgan fingerprint density at radius 1 is 1.25 bits per heavy atom. The highest BCUT2D eigenvalue weighted by Crippen LogP contribution is 2.54. The van der Waals surface area contributed by atoms with Crippen molar-refractivity contribution >= 4 is 11.6 Å². The van der Waals surface area contributed by atoms with Crippen LogP contribution in [0.15, 0.2) is 24.3 Å². The molecule has 1 nitrogen and oxygen atoms in total. The van der Waals surface area contributed by atoms with Crippen molar-refractivity contribution in [3.05, 3.63) is 34.9 Å². The fourth-order valence-electron chi connectivity index (χ4n) is 3.01. The van der Waals surface area contributed by atoms with Gasteiger partial charge in [-0.05, 0) is 42.4 Å². The van der Waals surface area contributed by atoms with E-state index in [-0.39, 0.29) is 5.54 Å². The fourth-order valence-corrected chi connectivity index (χ4v) is 3.14. The highest BCUT2D eigenvalue weighted by atomic mass is 35.5. The van der Waals surface area contributed by atoms with Crippen molar-refractivity contribution in [2.24, 2.45) is 17.6 Å². The van der Waals surface area contributed by atoms with E-state index in [2.05, 4.69) is 12.1 Å². The molecule has 0 aromatic heterocycles. The van der Waals surface area contributed by atoms with Crippen molar-refractivity contribution in [2.75, 3.05) is 0 Å². The molecule has 2 unspecified atom stereocenters. The highest BCUT2D eigenvalue weighted by Gasteiger charge is 2.55.